The van der Waals surface area contributed by atoms with E-state index in [1.807, 2.05) is 0 Å². The largest absolute Gasteiger partial charge is 0.330 e. The fourth-order valence-corrected chi connectivity index (χ4v) is 0.250. The Morgan fingerprint density at radius 2 is 1.14 bits per heavy atom. The molecule has 0 aromatic heterocycles. The molecule has 3 heteroatoms. The fraction of sp³-hybridized carbons (Fsp3) is 0.750. The zero-order valence-corrected chi connectivity index (χ0v) is 4.35. The molecule has 0 unspecified atom stereocenters. The van der Waals surface area contributed by atoms with Crippen LogP contribution in [0.1, 0.15) is 0 Å². The van der Waals surface area contributed by atoms with Gasteiger partial charge in [-0.05, 0) is 0 Å². The van der Waals surface area contributed by atoms with E-state index < -0.39 is 0 Å². The average molecular weight is 102 g/mol. The lowest BCUT2D eigenvalue weighted by Crippen LogP contribution is -2.27. The van der Waals surface area contributed by atoms with Crippen molar-refractivity contribution in [2.24, 2.45) is 17.2 Å². The molecule has 0 aromatic rings. The van der Waals surface area contributed by atoms with Crippen LogP contribution in [0.3, 0.4) is 0 Å². The lowest BCUT2D eigenvalue weighted by Gasteiger charge is -2.04. The summed E-state index contributed by atoms with van der Waals surface area (Å²) in [5, 5.41) is 0. The Labute approximate surface area is 43.9 Å². The molecule has 0 saturated carbocycles. The maximum atomic E-state index is 5.20. The third-order valence-electron chi connectivity index (χ3n) is 0.866. The lowest BCUT2D eigenvalue weighted by atomic mass is 10.1. The van der Waals surface area contributed by atoms with Crippen LogP contribution in [-0.2, 0) is 0 Å². The highest BCUT2D eigenvalue weighted by atomic mass is 14.7. The molecule has 6 N–H and O–H groups in total. The van der Waals surface area contributed by atoms with Gasteiger partial charge < -0.3 is 17.2 Å². The van der Waals surface area contributed by atoms with Crippen LogP contribution in [0.15, 0.2) is 0 Å². The summed E-state index contributed by atoms with van der Waals surface area (Å²) in [6.45, 7) is 1.56. The summed E-state index contributed by atoms with van der Waals surface area (Å²) in [6, 6.07) is 0. The maximum Gasteiger partial charge on any atom is 0.0163 e. The van der Waals surface area contributed by atoms with Crippen molar-refractivity contribution in [1.82, 2.24) is 0 Å². The van der Waals surface area contributed by atoms with Crippen LogP contribution >= 0.6 is 0 Å². The van der Waals surface area contributed by atoms with E-state index in [1.54, 1.807) is 0 Å². The van der Waals surface area contributed by atoms with Crippen molar-refractivity contribution in [3.8, 4) is 0 Å². The zero-order valence-electron chi connectivity index (χ0n) is 4.35. The van der Waals surface area contributed by atoms with Gasteiger partial charge in [0.25, 0.3) is 0 Å². The van der Waals surface area contributed by atoms with Gasteiger partial charge in [0.1, 0.15) is 0 Å². The minimum absolute atomic E-state index is 0.521. The first-order chi connectivity index (χ1) is 3.35. The number of rotatable bonds is 3. The maximum absolute atomic E-state index is 5.20. The van der Waals surface area contributed by atoms with Crippen LogP contribution in [-0.4, -0.2) is 19.6 Å². The van der Waals surface area contributed by atoms with Gasteiger partial charge in [0.05, 0.1) is 0 Å². The smallest absolute Gasteiger partial charge is 0.0163 e. The van der Waals surface area contributed by atoms with Gasteiger partial charge in [0.15, 0.2) is 0 Å². The van der Waals surface area contributed by atoms with Crippen LogP contribution in [0.5, 0.6) is 0 Å². The zero-order chi connectivity index (χ0) is 5.70. The number of hydrogen-bond acceptors (Lipinski definition) is 3. The Kier molecular flexibility index (Phi) is 3.98. The Hall–Kier alpha value is -0.120. The second-order valence-corrected chi connectivity index (χ2v) is 1.36. The summed E-state index contributed by atoms with van der Waals surface area (Å²) in [4.78, 5) is 0. The molecule has 0 saturated heterocycles. The number of nitrogens with two attached hydrogens (primary N) is 3. The first kappa shape index (κ1) is 6.88. The summed E-state index contributed by atoms with van der Waals surface area (Å²) in [5.41, 5.74) is 15.6. The molecule has 0 aliphatic carbocycles. The van der Waals surface area contributed by atoms with Gasteiger partial charge in [-0.3, -0.25) is 0 Å². The van der Waals surface area contributed by atoms with Gasteiger partial charge in [-0.2, -0.15) is 0 Å². The standard InChI is InChI=1S/C4H12N3/c5-1-4(2-6)3-7/h1-3,5-7H2. The second kappa shape index (κ2) is 4.05. The van der Waals surface area contributed by atoms with Crippen LogP contribution in [0.2, 0.25) is 0 Å². The monoisotopic (exact) mass is 102 g/mol. The highest BCUT2D eigenvalue weighted by molar-refractivity contribution is 4.92. The third kappa shape index (κ3) is 2.56. The van der Waals surface area contributed by atoms with E-state index >= 15 is 0 Å². The van der Waals surface area contributed by atoms with Gasteiger partial charge in [0, 0.05) is 25.6 Å². The van der Waals surface area contributed by atoms with Crippen LogP contribution in [0, 0.1) is 5.92 Å². The van der Waals surface area contributed by atoms with Crippen LogP contribution in [0.4, 0.5) is 0 Å². The van der Waals surface area contributed by atoms with Gasteiger partial charge >= 0.3 is 0 Å². The molecule has 0 aliphatic rings. The Bertz CT molecular complexity index is 28.4. The highest BCUT2D eigenvalue weighted by Gasteiger charge is 1.97. The van der Waals surface area contributed by atoms with E-state index in [-0.39, 0.29) is 0 Å². The molecule has 43 valence electrons. The molecule has 0 fully saturated rings. The molecule has 0 bridgehead atoms. The van der Waals surface area contributed by atoms with Crippen LogP contribution in [0.25, 0.3) is 0 Å². The molecule has 0 spiro atoms. The van der Waals surface area contributed by atoms with Crippen molar-refractivity contribution in [3.63, 3.8) is 0 Å². The molecule has 0 aromatic carbocycles. The SMILES string of the molecule is NC[C](CN)CN. The van der Waals surface area contributed by atoms with Gasteiger partial charge in [-0.15, -0.1) is 0 Å². The summed E-state index contributed by atoms with van der Waals surface area (Å²) >= 11 is 0. The Morgan fingerprint density at radius 1 is 0.857 bits per heavy atom. The van der Waals surface area contributed by atoms with E-state index in [0.717, 1.165) is 5.92 Å². The summed E-state index contributed by atoms with van der Waals surface area (Å²) < 4.78 is 0. The minimum atomic E-state index is 0.521. The predicted molar refractivity (Wildman–Crippen MR) is 30.4 cm³/mol. The predicted octanol–water partition coefficient (Wildman–Crippen LogP) is -1.56. The molecule has 0 rings (SSSR count). The van der Waals surface area contributed by atoms with Crippen molar-refractivity contribution >= 4 is 0 Å². The third-order valence-corrected chi connectivity index (χ3v) is 0.866. The second-order valence-electron chi connectivity index (χ2n) is 1.36. The normalized spacial score (nSPS) is 10.3. The van der Waals surface area contributed by atoms with Crippen molar-refractivity contribution in [1.29, 1.82) is 0 Å². The van der Waals surface area contributed by atoms with E-state index in [1.165, 1.54) is 0 Å². The van der Waals surface area contributed by atoms with Gasteiger partial charge in [-0.1, -0.05) is 0 Å². The molecule has 0 atom stereocenters. The minimum Gasteiger partial charge on any atom is -0.330 e. The summed E-state index contributed by atoms with van der Waals surface area (Å²) in [6.07, 6.45) is 0. The van der Waals surface area contributed by atoms with Crippen molar-refractivity contribution < 1.29 is 0 Å². The molecule has 0 aliphatic heterocycles. The molecule has 7 heavy (non-hydrogen) atoms. The quantitative estimate of drug-likeness (QED) is 0.403. The molecule has 0 heterocycles. The summed E-state index contributed by atoms with van der Waals surface area (Å²) in [7, 11) is 0. The molecule has 0 amide bonds. The topological polar surface area (TPSA) is 78.1 Å². The van der Waals surface area contributed by atoms with Crippen molar-refractivity contribution in [3.05, 3.63) is 5.92 Å². The van der Waals surface area contributed by atoms with Crippen molar-refractivity contribution in [2.45, 2.75) is 0 Å². The first-order valence-corrected chi connectivity index (χ1v) is 2.29. The Morgan fingerprint density at radius 3 is 1.14 bits per heavy atom. The van der Waals surface area contributed by atoms with E-state index in [9.17, 15) is 0 Å². The first-order valence-electron chi connectivity index (χ1n) is 2.29. The summed E-state index contributed by atoms with van der Waals surface area (Å²) in [5.74, 6) is 1.01. The van der Waals surface area contributed by atoms with E-state index in [0.29, 0.717) is 19.6 Å². The highest BCUT2D eigenvalue weighted by Crippen LogP contribution is 1.85. The fourth-order valence-electron chi connectivity index (χ4n) is 0.250. The lowest BCUT2D eigenvalue weighted by molar-refractivity contribution is 0.822. The van der Waals surface area contributed by atoms with Crippen molar-refractivity contribution in [2.75, 3.05) is 19.6 Å². The van der Waals surface area contributed by atoms with E-state index in [4.69, 9.17) is 17.2 Å². The van der Waals surface area contributed by atoms with E-state index in [2.05, 4.69) is 0 Å². The van der Waals surface area contributed by atoms with Gasteiger partial charge in [-0.25, -0.2) is 0 Å². The molecular formula is C4H12N3. The van der Waals surface area contributed by atoms with Gasteiger partial charge in [0.2, 0.25) is 0 Å². The number of hydrogen-bond donors (Lipinski definition) is 3. The Balaban J connectivity index is 2.99. The van der Waals surface area contributed by atoms with Crippen LogP contribution < -0.4 is 17.2 Å². The average Bonchev–Trinajstić information content (AvgIpc) is 1.72. The molecule has 1 radical (unpaired) electrons. The molecule has 3 nitrogen and oxygen atoms in total. The molecular weight excluding hydrogens is 90.1 g/mol.